The van der Waals surface area contributed by atoms with Crippen molar-refractivity contribution in [2.24, 2.45) is 0 Å². The minimum absolute atomic E-state index is 0.504. The molecule has 2 N–H and O–H groups in total. The smallest absolute Gasteiger partial charge is 0.246 e. The van der Waals surface area contributed by atoms with Gasteiger partial charge in [0.25, 0.3) is 0 Å². The lowest BCUT2D eigenvalue weighted by Crippen LogP contribution is -2.00. The van der Waals surface area contributed by atoms with E-state index in [1.165, 1.54) is 0 Å². The van der Waals surface area contributed by atoms with Crippen LogP contribution in [0.3, 0.4) is 0 Å². The fourth-order valence-corrected chi connectivity index (χ4v) is 2.18. The van der Waals surface area contributed by atoms with E-state index in [0.29, 0.717) is 5.95 Å². The monoisotopic (exact) mass is 294 g/mol. The van der Waals surface area contributed by atoms with Gasteiger partial charge in [-0.3, -0.25) is 0 Å². The molecule has 5 heteroatoms. The third kappa shape index (κ3) is 2.99. The number of hydrogen-bond acceptors (Lipinski definition) is 4. The largest absolute Gasteiger partial charge is 0.389 e. The van der Waals surface area contributed by atoms with Crippen molar-refractivity contribution < 1.29 is 5.11 Å². The maximum Gasteiger partial charge on any atom is 0.246 e. The molecule has 0 aliphatic heterocycles. The molecule has 3 rings (SSSR count). The average Bonchev–Trinajstić information content (AvgIpc) is 2.99. The fourth-order valence-electron chi connectivity index (χ4n) is 2.18. The van der Waals surface area contributed by atoms with Crippen LogP contribution in [-0.2, 0) is 0 Å². The zero-order valence-corrected chi connectivity index (χ0v) is 12.6. The summed E-state index contributed by atoms with van der Waals surface area (Å²) >= 11 is 0. The molecule has 0 aliphatic carbocycles. The Balaban J connectivity index is 1.85. The number of para-hydroxylation sites is 1. The van der Waals surface area contributed by atoms with Crippen molar-refractivity contribution in [3.05, 3.63) is 66.0 Å². The molecule has 22 heavy (non-hydrogen) atoms. The molecular weight excluding hydrogens is 276 g/mol. The van der Waals surface area contributed by atoms with Crippen LogP contribution in [0.15, 0.2) is 54.9 Å². The predicted octanol–water partition coefficient (Wildman–Crippen LogP) is 3.37. The first-order valence-corrected chi connectivity index (χ1v) is 7.16. The van der Waals surface area contributed by atoms with Crippen LogP contribution in [0.25, 0.3) is 5.69 Å². The Morgan fingerprint density at radius 3 is 2.64 bits per heavy atom. The van der Waals surface area contributed by atoms with Gasteiger partial charge >= 0.3 is 0 Å². The van der Waals surface area contributed by atoms with Crippen molar-refractivity contribution in [3.8, 4) is 5.69 Å². The van der Waals surface area contributed by atoms with Gasteiger partial charge < -0.3 is 10.4 Å². The molecule has 0 fully saturated rings. The summed E-state index contributed by atoms with van der Waals surface area (Å²) in [5.41, 5.74) is 3.78. The van der Waals surface area contributed by atoms with Gasteiger partial charge in [0.2, 0.25) is 5.95 Å². The van der Waals surface area contributed by atoms with Gasteiger partial charge in [0.15, 0.2) is 0 Å². The minimum Gasteiger partial charge on any atom is -0.389 e. The first-order chi connectivity index (χ1) is 10.6. The topological polar surface area (TPSA) is 63.0 Å². The Kier molecular flexibility index (Phi) is 3.89. The predicted molar refractivity (Wildman–Crippen MR) is 86.5 cm³/mol. The number of nitrogens with one attached hydrogen (secondary N) is 1. The Bertz CT molecular complexity index is 765. The van der Waals surface area contributed by atoms with Crippen molar-refractivity contribution in [1.82, 2.24) is 14.8 Å². The van der Waals surface area contributed by atoms with E-state index in [9.17, 15) is 5.11 Å². The van der Waals surface area contributed by atoms with Gasteiger partial charge in [0, 0.05) is 5.69 Å². The summed E-state index contributed by atoms with van der Waals surface area (Å²) in [5, 5.41) is 17.3. The highest BCUT2D eigenvalue weighted by Gasteiger charge is 2.08. The molecule has 0 saturated carbocycles. The number of hydrogen-bond donors (Lipinski definition) is 2. The highest BCUT2D eigenvalue weighted by Crippen LogP contribution is 2.23. The second-order valence-electron chi connectivity index (χ2n) is 5.22. The number of nitrogens with zero attached hydrogens (tertiary/aromatic N) is 3. The molecule has 0 amide bonds. The lowest BCUT2D eigenvalue weighted by atomic mass is 10.1. The molecule has 0 radical (unpaired) electrons. The van der Waals surface area contributed by atoms with Gasteiger partial charge in [-0.1, -0.05) is 30.3 Å². The summed E-state index contributed by atoms with van der Waals surface area (Å²) in [5.74, 6) is 0.523. The first-order valence-electron chi connectivity index (χ1n) is 7.16. The van der Waals surface area contributed by atoms with E-state index >= 15 is 0 Å². The number of aliphatic hydroxyl groups excluding tert-OH is 1. The highest BCUT2D eigenvalue weighted by atomic mass is 16.3. The van der Waals surface area contributed by atoms with Crippen LogP contribution >= 0.6 is 0 Å². The van der Waals surface area contributed by atoms with E-state index in [1.54, 1.807) is 17.9 Å². The van der Waals surface area contributed by atoms with E-state index in [-0.39, 0.29) is 0 Å². The number of aliphatic hydroxyl groups is 1. The molecule has 0 bridgehead atoms. The standard InChI is InChI=1S/C17H18N4O/c1-12-8-9-14(13(2)22)10-16(12)19-17-18-11-21(20-17)15-6-4-3-5-7-15/h3-11,13,22H,1-2H3,(H,19,20). The maximum atomic E-state index is 9.69. The van der Waals surface area contributed by atoms with Crippen molar-refractivity contribution in [3.63, 3.8) is 0 Å². The normalized spacial score (nSPS) is 12.1. The van der Waals surface area contributed by atoms with E-state index in [0.717, 1.165) is 22.5 Å². The third-order valence-corrected chi connectivity index (χ3v) is 3.50. The minimum atomic E-state index is -0.504. The van der Waals surface area contributed by atoms with Crippen molar-refractivity contribution >= 4 is 11.6 Å². The van der Waals surface area contributed by atoms with Crippen LogP contribution in [-0.4, -0.2) is 19.9 Å². The molecule has 112 valence electrons. The summed E-state index contributed by atoms with van der Waals surface area (Å²) in [6, 6.07) is 15.6. The summed E-state index contributed by atoms with van der Waals surface area (Å²) in [7, 11) is 0. The first kappa shape index (κ1) is 14.3. The summed E-state index contributed by atoms with van der Waals surface area (Å²) in [6.07, 6.45) is 1.17. The molecule has 1 atom stereocenters. The average molecular weight is 294 g/mol. The second kappa shape index (κ2) is 5.99. The summed E-state index contributed by atoms with van der Waals surface area (Å²) in [6.45, 7) is 3.75. The van der Waals surface area contributed by atoms with Crippen molar-refractivity contribution in [2.45, 2.75) is 20.0 Å². The zero-order valence-electron chi connectivity index (χ0n) is 12.6. The second-order valence-corrected chi connectivity index (χ2v) is 5.22. The fraction of sp³-hybridized carbons (Fsp3) is 0.176. The van der Waals surface area contributed by atoms with Crippen LogP contribution in [0, 0.1) is 6.92 Å². The summed E-state index contributed by atoms with van der Waals surface area (Å²) in [4.78, 5) is 4.28. The van der Waals surface area contributed by atoms with Crippen LogP contribution in [0.5, 0.6) is 0 Å². The SMILES string of the molecule is Cc1ccc(C(C)O)cc1Nc1ncn(-c2ccccc2)n1. The zero-order chi connectivity index (χ0) is 15.5. The van der Waals surface area contributed by atoms with Crippen LogP contribution in [0.4, 0.5) is 11.6 Å². The number of aryl methyl sites for hydroxylation is 1. The van der Waals surface area contributed by atoms with Gasteiger partial charge in [-0.05, 0) is 43.2 Å². The van der Waals surface area contributed by atoms with Gasteiger partial charge in [-0.2, -0.15) is 4.98 Å². The third-order valence-electron chi connectivity index (χ3n) is 3.50. The highest BCUT2D eigenvalue weighted by molar-refractivity contribution is 5.59. The van der Waals surface area contributed by atoms with E-state index < -0.39 is 6.10 Å². The molecule has 1 heterocycles. The molecule has 1 aromatic heterocycles. The van der Waals surface area contributed by atoms with Gasteiger partial charge in [-0.15, -0.1) is 5.10 Å². The maximum absolute atomic E-state index is 9.69. The van der Waals surface area contributed by atoms with Crippen LogP contribution in [0.1, 0.15) is 24.2 Å². The molecule has 5 nitrogen and oxygen atoms in total. The Labute approximate surface area is 129 Å². The molecule has 0 spiro atoms. The summed E-state index contributed by atoms with van der Waals surface area (Å²) < 4.78 is 1.72. The van der Waals surface area contributed by atoms with Gasteiger partial charge in [0.05, 0.1) is 11.8 Å². The quantitative estimate of drug-likeness (QED) is 0.774. The number of anilines is 2. The van der Waals surface area contributed by atoms with Gasteiger partial charge in [0.1, 0.15) is 6.33 Å². The molecule has 1 unspecified atom stereocenters. The molecule has 0 saturated heterocycles. The Morgan fingerprint density at radius 2 is 1.91 bits per heavy atom. The number of benzene rings is 2. The number of aromatic nitrogens is 3. The number of rotatable bonds is 4. The Hall–Kier alpha value is -2.66. The van der Waals surface area contributed by atoms with Crippen LogP contribution in [0.2, 0.25) is 0 Å². The van der Waals surface area contributed by atoms with Crippen molar-refractivity contribution in [2.75, 3.05) is 5.32 Å². The lowest BCUT2D eigenvalue weighted by Gasteiger charge is -2.10. The molecule has 0 aliphatic rings. The lowest BCUT2D eigenvalue weighted by molar-refractivity contribution is 0.199. The van der Waals surface area contributed by atoms with Crippen molar-refractivity contribution in [1.29, 1.82) is 0 Å². The molecular formula is C17H18N4O. The van der Waals surface area contributed by atoms with Gasteiger partial charge in [-0.25, -0.2) is 4.68 Å². The van der Waals surface area contributed by atoms with E-state index in [1.807, 2.05) is 55.5 Å². The van der Waals surface area contributed by atoms with E-state index in [4.69, 9.17) is 0 Å². The molecule has 3 aromatic rings. The van der Waals surface area contributed by atoms with E-state index in [2.05, 4.69) is 15.4 Å². The molecule has 2 aromatic carbocycles. The Morgan fingerprint density at radius 1 is 1.14 bits per heavy atom. The van der Waals surface area contributed by atoms with Crippen LogP contribution < -0.4 is 5.32 Å².